The van der Waals surface area contributed by atoms with E-state index < -0.39 is 0 Å². The van der Waals surface area contributed by atoms with Gasteiger partial charge in [-0.3, -0.25) is 4.79 Å². The third-order valence-electron chi connectivity index (χ3n) is 4.88. The van der Waals surface area contributed by atoms with Crippen molar-refractivity contribution in [2.75, 3.05) is 23.3 Å². The molecule has 4 rings (SSSR count). The molecule has 0 aliphatic carbocycles. The Bertz CT molecular complexity index is 913. The largest absolute Gasteiger partial charge is 0.369 e. The lowest BCUT2D eigenvalue weighted by Crippen LogP contribution is -2.19. The molecule has 2 aromatic carbocycles. The molecule has 1 amide bonds. The van der Waals surface area contributed by atoms with E-state index in [-0.39, 0.29) is 18.1 Å². The number of rotatable bonds is 5. The van der Waals surface area contributed by atoms with Crippen LogP contribution in [0.2, 0.25) is 0 Å². The number of anilines is 2. The van der Waals surface area contributed by atoms with Crippen LogP contribution in [0.1, 0.15) is 18.4 Å². The number of carbonyl (C=O) groups is 1. The van der Waals surface area contributed by atoms with Crippen molar-refractivity contribution in [1.29, 1.82) is 0 Å². The highest BCUT2D eigenvalue weighted by atomic mass is 19.1. The maximum absolute atomic E-state index is 14.4. The van der Waals surface area contributed by atoms with Crippen molar-refractivity contribution in [1.82, 2.24) is 4.57 Å². The number of amides is 1. The molecule has 27 heavy (non-hydrogen) atoms. The predicted molar refractivity (Wildman–Crippen MR) is 106 cm³/mol. The number of aromatic nitrogens is 1. The highest BCUT2D eigenvalue weighted by Crippen LogP contribution is 2.26. The van der Waals surface area contributed by atoms with Crippen molar-refractivity contribution >= 4 is 17.3 Å². The Labute approximate surface area is 158 Å². The van der Waals surface area contributed by atoms with Crippen molar-refractivity contribution in [3.05, 3.63) is 78.4 Å². The molecular weight excluding hydrogens is 341 g/mol. The summed E-state index contributed by atoms with van der Waals surface area (Å²) in [5.41, 5.74) is 3.07. The second-order valence-electron chi connectivity index (χ2n) is 6.84. The summed E-state index contributed by atoms with van der Waals surface area (Å²) in [5.74, 6) is -0.442. The Hall–Kier alpha value is -3.08. The number of hydrogen-bond acceptors (Lipinski definition) is 2. The van der Waals surface area contributed by atoms with Crippen LogP contribution in [0, 0.1) is 5.82 Å². The molecule has 4 nitrogen and oxygen atoms in total. The zero-order chi connectivity index (χ0) is 18.6. The minimum atomic E-state index is -0.286. The number of halogens is 1. The normalized spacial score (nSPS) is 13.7. The smallest absolute Gasteiger partial charge is 0.228 e. The Morgan fingerprint density at radius 2 is 1.70 bits per heavy atom. The van der Waals surface area contributed by atoms with Gasteiger partial charge in [0, 0.05) is 36.9 Å². The number of nitrogens with one attached hydrogen (secondary N) is 1. The zero-order valence-electron chi connectivity index (χ0n) is 15.1. The lowest BCUT2D eigenvalue weighted by atomic mass is 10.1. The second kappa shape index (κ2) is 7.66. The van der Waals surface area contributed by atoms with Gasteiger partial charge in [-0.05, 0) is 60.9 Å². The van der Waals surface area contributed by atoms with Gasteiger partial charge in [-0.15, -0.1) is 0 Å². The van der Waals surface area contributed by atoms with Crippen molar-refractivity contribution in [3.63, 3.8) is 0 Å². The molecule has 1 saturated heterocycles. The van der Waals surface area contributed by atoms with Crippen LogP contribution < -0.4 is 10.2 Å². The molecule has 138 valence electrons. The van der Waals surface area contributed by atoms with Gasteiger partial charge in [0.15, 0.2) is 0 Å². The molecule has 5 heteroatoms. The zero-order valence-corrected chi connectivity index (χ0v) is 15.1. The lowest BCUT2D eigenvalue weighted by molar-refractivity contribution is -0.115. The van der Waals surface area contributed by atoms with E-state index in [2.05, 4.69) is 5.32 Å². The summed E-state index contributed by atoms with van der Waals surface area (Å²) < 4.78 is 16.4. The molecule has 0 unspecified atom stereocenters. The molecule has 1 aliphatic rings. The Balaban J connectivity index is 1.38. The fourth-order valence-corrected chi connectivity index (χ4v) is 3.48. The predicted octanol–water partition coefficient (Wildman–Crippen LogP) is 4.40. The van der Waals surface area contributed by atoms with Gasteiger partial charge in [-0.25, -0.2) is 4.39 Å². The fraction of sp³-hybridized carbons (Fsp3) is 0.227. The molecule has 0 bridgehead atoms. The Morgan fingerprint density at radius 1 is 1.00 bits per heavy atom. The van der Waals surface area contributed by atoms with Crippen LogP contribution in [-0.4, -0.2) is 23.6 Å². The van der Waals surface area contributed by atoms with E-state index in [9.17, 15) is 9.18 Å². The van der Waals surface area contributed by atoms with E-state index in [1.807, 2.05) is 58.3 Å². The first-order valence-corrected chi connectivity index (χ1v) is 9.26. The number of nitrogens with zero attached hydrogens (tertiary/aromatic N) is 2. The summed E-state index contributed by atoms with van der Waals surface area (Å²) in [6.45, 7) is 1.78. The van der Waals surface area contributed by atoms with Gasteiger partial charge >= 0.3 is 0 Å². The summed E-state index contributed by atoms with van der Waals surface area (Å²) in [6.07, 6.45) is 6.40. The number of carbonyl (C=O) groups excluding carboxylic acids is 1. The van der Waals surface area contributed by atoms with Gasteiger partial charge in [0.25, 0.3) is 0 Å². The molecule has 0 saturated carbocycles. The molecule has 3 aromatic rings. The minimum Gasteiger partial charge on any atom is -0.369 e. The molecule has 1 aliphatic heterocycles. The molecular formula is C22H22FN3O. The van der Waals surface area contributed by atoms with E-state index in [0.29, 0.717) is 11.4 Å². The minimum absolute atomic E-state index is 0.156. The van der Waals surface area contributed by atoms with Gasteiger partial charge in [-0.2, -0.15) is 0 Å². The SMILES string of the molecule is O=C(Cc1ccc(-n2cccc2)cc1)Nc1ccc(N2CCCC2)c(F)c1. The highest BCUT2D eigenvalue weighted by Gasteiger charge is 2.16. The van der Waals surface area contributed by atoms with Crippen LogP contribution in [0.4, 0.5) is 15.8 Å². The van der Waals surface area contributed by atoms with Gasteiger partial charge < -0.3 is 14.8 Å². The summed E-state index contributed by atoms with van der Waals surface area (Å²) in [4.78, 5) is 14.3. The molecule has 2 heterocycles. The third kappa shape index (κ3) is 4.03. The maximum Gasteiger partial charge on any atom is 0.228 e. The molecule has 0 spiro atoms. The quantitative estimate of drug-likeness (QED) is 0.730. The Morgan fingerprint density at radius 3 is 2.37 bits per heavy atom. The average molecular weight is 363 g/mol. The number of benzene rings is 2. The molecule has 1 N–H and O–H groups in total. The second-order valence-corrected chi connectivity index (χ2v) is 6.84. The maximum atomic E-state index is 14.4. The fourth-order valence-electron chi connectivity index (χ4n) is 3.48. The van der Waals surface area contributed by atoms with Crippen LogP contribution in [0.25, 0.3) is 5.69 Å². The van der Waals surface area contributed by atoms with Gasteiger partial charge in [-0.1, -0.05) is 12.1 Å². The molecule has 1 aromatic heterocycles. The summed E-state index contributed by atoms with van der Waals surface area (Å²) in [5, 5.41) is 2.79. The van der Waals surface area contributed by atoms with Gasteiger partial charge in [0.1, 0.15) is 5.82 Å². The van der Waals surface area contributed by atoms with E-state index in [1.165, 1.54) is 6.07 Å². The van der Waals surface area contributed by atoms with E-state index >= 15 is 0 Å². The number of hydrogen-bond donors (Lipinski definition) is 1. The molecule has 0 radical (unpaired) electrons. The van der Waals surface area contributed by atoms with Crippen LogP contribution >= 0.6 is 0 Å². The average Bonchev–Trinajstić information content (AvgIpc) is 3.36. The standard InChI is InChI=1S/C22H22FN3O/c23-20-16-18(7-10-21(20)26-13-3-4-14-26)24-22(27)15-17-5-8-19(9-6-17)25-11-1-2-12-25/h1-2,5-12,16H,3-4,13-15H2,(H,24,27). The van der Waals surface area contributed by atoms with Gasteiger partial charge in [0.05, 0.1) is 12.1 Å². The van der Waals surface area contributed by atoms with Crippen molar-refractivity contribution in [2.45, 2.75) is 19.3 Å². The van der Waals surface area contributed by atoms with Crippen LogP contribution in [0.3, 0.4) is 0 Å². The van der Waals surface area contributed by atoms with E-state index in [4.69, 9.17) is 0 Å². The third-order valence-corrected chi connectivity index (χ3v) is 4.88. The highest BCUT2D eigenvalue weighted by molar-refractivity contribution is 5.92. The Kier molecular flexibility index (Phi) is 4.92. The first kappa shape index (κ1) is 17.3. The van der Waals surface area contributed by atoms with Crippen LogP contribution in [-0.2, 0) is 11.2 Å². The monoisotopic (exact) mass is 363 g/mol. The summed E-state index contributed by atoms with van der Waals surface area (Å²) >= 11 is 0. The van der Waals surface area contributed by atoms with Crippen molar-refractivity contribution in [3.8, 4) is 5.69 Å². The summed E-state index contributed by atoms with van der Waals surface area (Å²) in [7, 11) is 0. The first-order valence-electron chi connectivity index (χ1n) is 9.26. The van der Waals surface area contributed by atoms with Crippen LogP contribution in [0.15, 0.2) is 67.0 Å². The van der Waals surface area contributed by atoms with Gasteiger partial charge in [0.2, 0.25) is 5.91 Å². The topological polar surface area (TPSA) is 37.3 Å². The molecule has 1 fully saturated rings. The van der Waals surface area contributed by atoms with Crippen LogP contribution in [0.5, 0.6) is 0 Å². The van der Waals surface area contributed by atoms with E-state index in [1.54, 1.807) is 12.1 Å². The lowest BCUT2D eigenvalue weighted by Gasteiger charge is -2.18. The summed E-state index contributed by atoms with van der Waals surface area (Å²) in [6, 6.07) is 16.7. The molecule has 0 atom stereocenters. The van der Waals surface area contributed by atoms with Crippen molar-refractivity contribution < 1.29 is 9.18 Å². The van der Waals surface area contributed by atoms with Crippen molar-refractivity contribution in [2.24, 2.45) is 0 Å². The van der Waals surface area contributed by atoms with E-state index in [0.717, 1.165) is 37.2 Å². The first-order chi connectivity index (χ1) is 13.2.